The van der Waals surface area contributed by atoms with E-state index in [2.05, 4.69) is 29.2 Å². The van der Waals surface area contributed by atoms with Crippen molar-refractivity contribution in [3.63, 3.8) is 0 Å². The van der Waals surface area contributed by atoms with Gasteiger partial charge in [0, 0.05) is 24.3 Å². The summed E-state index contributed by atoms with van der Waals surface area (Å²) < 4.78 is 0. The molecule has 1 atom stereocenters. The van der Waals surface area contributed by atoms with Crippen molar-refractivity contribution in [3.8, 4) is 0 Å². The zero-order valence-corrected chi connectivity index (χ0v) is 13.0. The van der Waals surface area contributed by atoms with Crippen molar-refractivity contribution in [3.05, 3.63) is 22.5 Å². The van der Waals surface area contributed by atoms with Crippen LogP contribution in [0.5, 0.6) is 0 Å². The highest BCUT2D eigenvalue weighted by Crippen LogP contribution is 2.26. The number of aryl methyl sites for hydroxylation is 1. The van der Waals surface area contributed by atoms with Gasteiger partial charge in [-0.1, -0.05) is 0 Å². The number of H-pyrrole nitrogens is 1. The number of carboxylic acid groups (broad SMARTS) is 1. The van der Waals surface area contributed by atoms with E-state index in [0.717, 1.165) is 0 Å². The maximum absolute atomic E-state index is 12.3. The Morgan fingerprint density at radius 3 is 2.52 bits per heavy atom. The molecule has 0 radical (unpaired) electrons. The van der Waals surface area contributed by atoms with E-state index in [9.17, 15) is 9.59 Å². The summed E-state index contributed by atoms with van der Waals surface area (Å²) in [7, 11) is 2.07. The average Bonchev–Trinajstić information content (AvgIpc) is 3.21. The second kappa shape index (κ2) is 5.89. The number of carbonyl (C=O) groups is 2. The molecule has 1 saturated carbocycles. The van der Waals surface area contributed by atoms with Crippen LogP contribution >= 0.6 is 0 Å². The number of hydrogen-bond acceptors (Lipinski definition) is 3. The van der Waals surface area contributed by atoms with Gasteiger partial charge in [-0.2, -0.15) is 0 Å². The Kier molecular flexibility index (Phi) is 4.37. The van der Waals surface area contributed by atoms with E-state index in [1.165, 1.54) is 12.8 Å². The molecule has 1 aromatic heterocycles. The number of nitrogens with one attached hydrogen (secondary N) is 2. The molecule has 0 bridgehead atoms. The molecule has 0 aliphatic heterocycles. The standard InChI is InChI=1S/C15H23N3O3/c1-8(18(4)11-5-6-11)7-16-14(19)12-9(2)13(15(20)21)17-10(12)3/h8,11,17H,5-7H2,1-4H3,(H,16,19)(H,20,21). The summed E-state index contributed by atoms with van der Waals surface area (Å²) in [5.74, 6) is -1.26. The number of carboxylic acids is 1. The lowest BCUT2D eigenvalue weighted by atomic mass is 10.1. The molecule has 21 heavy (non-hydrogen) atoms. The van der Waals surface area contributed by atoms with Gasteiger partial charge in [-0.25, -0.2) is 4.79 Å². The van der Waals surface area contributed by atoms with Gasteiger partial charge in [0.05, 0.1) is 5.56 Å². The third-order valence-corrected chi connectivity index (χ3v) is 4.25. The predicted octanol–water partition coefficient (Wildman–Crippen LogP) is 1.54. The van der Waals surface area contributed by atoms with E-state index in [4.69, 9.17) is 5.11 Å². The van der Waals surface area contributed by atoms with Gasteiger partial charge < -0.3 is 15.4 Å². The van der Waals surface area contributed by atoms with Crippen LogP contribution < -0.4 is 5.32 Å². The maximum Gasteiger partial charge on any atom is 0.352 e. The minimum atomic E-state index is -1.04. The molecule has 1 aromatic rings. The first kappa shape index (κ1) is 15.6. The number of aromatic carboxylic acids is 1. The lowest BCUT2D eigenvalue weighted by molar-refractivity contribution is 0.0690. The van der Waals surface area contributed by atoms with Crippen LogP contribution in [0.1, 0.15) is 51.9 Å². The highest BCUT2D eigenvalue weighted by Gasteiger charge is 2.29. The van der Waals surface area contributed by atoms with E-state index in [0.29, 0.717) is 29.4 Å². The normalized spacial score (nSPS) is 16.0. The number of amides is 1. The Morgan fingerprint density at radius 1 is 1.43 bits per heavy atom. The summed E-state index contributed by atoms with van der Waals surface area (Å²) in [6, 6.07) is 0.909. The van der Waals surface area contributed by atoms with Crippen LogP contribution in [0.25, 0.3) is 0 Å². The summed E-state index contributed by atoms with van der Waals surface area (Å²) in [5, 5.41) is 12.0. The van der Waals surface area contributed by atoms with Gasteiger partial charge in [0.15, 0.2) is 0 Å². The summed E-state index contributed by atoms with van der Waals surface area (Å²) in [5.41, 5.74) is 1.60. The molecule has 1 amide bonds. The van der Waals surface area contributed by atoms with Crippen LogP contribution in [0.3, 0.4) is 0 Å². The lowest BCUT2D eigenvalue weighted by Gasteiger charge is -2.24. The third-order valence-electron chi connectivity index (χ3n) is 4.25. The highest BCUT2D eigenvalue weighted by molar-refractivity contribution is 6.00. The maximum atomic E-state index is 12.3. The largest absolute Gasteiger partial charge is 0.477 e. The molecule has 0 aromatic carbocycles. The molecule has 1 aliphatic rings. The second-order valence-electron chi connectivity index (χ2n) is 5.89. The molecule has 1 unspecified atom stereocenters. The predicted molar refractivity (Wildman–Crippen MR) is 79.8 cm³/mol. The van der Waals surface area contributed by atoms with Crippen molar-refractivity contribution >= 4 is 11.9 Å². The van der Waals surface area contributed by atoms with E-state index in [1.807, 2.05) is 0 Å². The number of hydrogen-bond donors (Lipinski definition) is 3. The number of likely N-dealkylation sites (N-methyl/N-ethyl adjacent to an activating group) is 1. The van der Waals surface area contributed by atoms with Gasteiger partial charge in [0.1, 0.15) is 5.69 Å². The molecule has 6 nitrogen and oxygen atoms in total. The van der Waals surface area contributed by atoms with Crippen LogP contribution in [-0.4, -0.2) is 52.5 Å². The number of nitrogens with zero attached hydrogens (tertiary/aromatic N) is 1. The average molecular weight is 293 g/mol. The van der Waals surface area contributed by atoms with Gasteiger partial charge >= 0.3 is 5.97 Å². The van der Waals surface area contributed by atoms with E-state index >= 15 is 0 Å². The fourth-order valence-corrected chi connectivity index (χ4v) is 2.62. The first-order chi connectivity index (χ1) is 9.82. The topological polar surface area (TPSA) is 85.4 Å². The third kappa shape index (κ3) is 3.26. The Hall–Kier alpha value is -1.82. The van der Waals surface area contributed by atoms with Crippen molar-refractivity contribution in [2.24, 2.45) is 0 Å². The Labute approximate surface area is 124 Å². The minimum Gasteiger partial charge on any atom is -0.477 e. The fraction of sp³-hybridized carbons (Fsp3) is 0.600. The quantitative estimate of drug-likeness (QED) is 0.742. The van der Waals surface area contributed by atoms with Crippen LogP contribution in [-0.2, 0) is 0 Å². The number of aromatic nitrogens is 1. The Bertz CT molecular complexity index is 561. The van der Waals surface area contributed by atoms with Crippen LogP contribution in [0.2, 0.25) is 0 Å². The Morgan fingerprint density at radius 2 is 2.05 bits per heavy atom. The molecular formula is C15H23N3O3. The molecule has 0 saturated heterocycles. The van der Waals surface area contributed by atoms with Gasteiger partial charge in [0.2, 0.25) is 0 Å². The van der Waals surface area contributed by atoms with Crippen molar-refractivity contribution < 1.29 is 14.7 Å². The van der Waals surface area contributed by atoms with Crippen molar-refractivity contribution in [1.29, 1.82) is 0 Å². The van der Waals surface area contributed by atoms with Crippen LogP contribution in [0, 0.1) is 13.8 Å². The number of carbonyl (C=O) groups excluding carboxylic acids is 1. The summed E-state index contributed by atoms with van der Waals surface area (Å²) in [6.07, 6.45) is 2.46. The molecule has 1 heterocycles. The molecule has 1 fully saturated rings. The highest BCUT2D eigenvalue weighted by atomic mass is 16.4. The van der Waals surface area contributed by atoms with E-state index in [1.54, 1.807) is 13.8 Å². The fourth-order valence-electron chi connectivity index (χ4n) is 2.62. The number of rotatable bonds is 6. The van der Waals surface area contributed by atoms with E-state index in [-0.39, 0.29) is 17.6 Å². The summed E-state index contributed by atoms with van der Waals surface area (Å²) in [4.78, 5) is 28.4. The molecular weight excluding hydrogens is 270 g/mol. The second-order valence-corrected chi connectivity index (χ2v) is 5.89. The first-order valence-corrected chi connectivity index (χ1v) is 7.25. The lowest BCUT2D eigenvalue weighted by Crippen LogP contribution is -2.41. The van der Waals surface area contributed by atoms with Gasteiger partial charge in [-0.3, -0.25) is 9.69 Å². The molecule has 1 aliphatic carbocycles. The van der Waals surface area contributed by atoms with Crippen molar-refractivity contribution in [2.45, 2.75) is 45.7 Å². The zero-order valence-electron chi connectivity index (χ0n) is 13.0. The first-order valence-electron chi connectivity index (χ1n) is 7.25. The van der Waals surface area contributed by atoms with Crippen molar-refractivity contribution in [2.75, 3.05) is 13.6 Å². The monoisotopic (exact) mass is 293 g/mol. The smallest absolute Gasteiger partial charge is 0.352 e. The van der Waals surface area contributed by atoms with Gasteiger partial charge in [-0.05, 0) is 46.2 Å². The molecule has 3 N–H and O–H groups in total. The summed E-state index contributed by atoms with van der Waals surface area (Å²) >= 11 is 0. The van der Waals surface area contributed by atoms with E-state index < -0.39 is 5.97 Å². The van der Waals surface area contributed by atoms with Crippen molar-refractivity contribution in [1.82, 2.24) is 15.2 Å². The zero-order chi connectivity index (χ0) is 15.7. The number of aromatic amines is 1. The molecule has 2 rings (SSSR count). The SMILES string of the molecule is Cc1[nH]c(C(=O)O)c(C)c1C(=O)NCC(C)N(C)C1CC1. The van der Waals surface area contributed by atoms with Gasteiger partial charge in [-0.15, -0.1) is 0 Å². The molecule has 0 spiro atoms. The summed E-state index contributed by atoms with van der Waals surface area (Å²) in [6.45, 7) is 6.01. The minimum absolute atomic E-state index is 0.0841. The Balaban J connectivity index is 2.01. The van der Waals surface area contributed by atoms with Crippen LogP contribution in [0.4, 0.5) is 0 Å². The van der Waals surface area contributed by atoms with Gasteiger partial charge in [0.25, 0.3) is 5.91 Å². The molecule has 116 valence electrons. The van der Waals surface area contributed by atoms with Crippen LogP contribution in [0.15, 0.2) is 0 Å². The molecule has 6 heteroatoms.